The van der Waals surface area contributed by atoms with Crippen molar-refractivity contribution in [3.63, 3.8) is 0 Å². The first kappa shape index (κ1) is 9.58. The zero-order valence-electron chi connectivity index (χ0n) is 7.85. The largest absolute Gasteiger partial charge is 0.370 e. The molecule has 2 N–H and O–H groups in total. The number of carbonyl (C=O) groups is 1. The molecule has 1 aliphatic carbocycles. The van der Waals surface area contributed by atoms with Crippen LogP contribution >= 0.6 is 11.8 Å². The standard InChI is InChI=1S/C9H13N3OS/c10-8(13)3-6-14-9-11-4-5-12(9)7-1-2-7/h4-5,7H,1-3,6H2,(H2,10,13). The van der Waals surface area contributed by atoms with E-state index in [0.717, 1.165) is 10.9 Å². The zero-order valence-corrected chi connectivity index (χ0v) is 8.67. The minimum absolute atomic E-state index is 0.248. The van der Waals surface area contributed by atoms with Crippen LogP contribution in [0.15, 0.2) is 17.6 Å². The Morgan fingerprint density at radius 1 is 1.71 bits per heavy atom. The third-order valence-corrected chi connectivity index (χ3v) is 3.14. The molecule has 1 saturated carbocycles. The van der Waals surface area contributed by atoms with Crippen LogP contribution in [-0.4, -0.2) is 21.2 Å². The van der Waals surface area contributed by atoms with Gasteiger partial charge < -0.3 is 10.3 Å². The van der Waals surface area contributed by atoms with Crippen molar-refractivity contribution in [1.29, 1.82) is 0 Å². The number of imidazole rings is 1. The summed E-state index contributed by atoms with van der Waals surface area (Å²) in [7, 11) is 0. The number of nitrogens with two attached hydrogens (primary N) is 1. The number of carbonyl (C=O) groups excluding carboxylic acids is 1. The maximum Gasteiger partial charge on any atom is 0.218 e. The van der Waals surface area contributed by atoms with Crippen LogP contribution in [0.1, 0.15) is 25.3 Å². The minimum Gasteiger partial charge on any atom is -0.370 e. The van der Waals surface area contributed by atoms with E-state index in [1.807, 2.05) is 12.4 Å². The molecule has 1 aromatic rings. The number of thioether (sulfide) groups is 1. The molecule has 1 aromatic heterocycles. The highest BCUT2D eigenvalue weighted by molar-refractivity contribution is 7.99. The SMILES string of the molecule is NC(=O)CCSc1nccn1C1CC1. The molecule has 1 heterocycles. The Hall–Kier alpha value is -0.970. The van der Waals surface area contributed by atoms with Crippen LogP contribution in [-0.2, 0) is 4.79 Å². The lowest BCUT2D eigenvalue weighted by Crippen LogP contribution is -2.11. The number of nitrogens with zero attached hydrogens (tertiary/aromatic N) is 2. The molecule has 0 unspecified atom stereocenters. The molecular formula is C9H13N3OS. The quantitative estimate of drug-likeness (QED) is 0.744. The van der Waals surface area contributed by atoms with E-state index < -0.39 is 0 Å². The Labute approximate surface area is 86.9 Å². The summed E-state index contributed by atoms with van der Waals surface area (Å²) >= 11 is 1.60. The van der Waals surface area contributed by atoms with Crippen LogP contribution in [0.4, 0.5) is 0 Å². The van der Waals surface area contributed by atoms with Gasteiger partial charge in [0.25, 0.3) is 0 Å². The van der Waals surface area contributed by atoms with Crippen molar-refractivity contribution in [2.45, 2.75) is 30.5 Å². The zero-order chi connectivity index (χ0) is 9.97. The molecule has 0 radical (unpaired) electrons. The molecule has 0 saturated heterocycles. The predicted molar refractivity (Wildman–Crippen MR) is 55.0 cm³/mol. The lowest BCUT2D eigenvalue weighted by atomic mass is 10.5. The maximum absolute atomic E-state index is 10.5. The molecule has 0 spiro atoms. The van der Waals surface area contributed by atoms with Crippen molar-refractivity contribution in [3.05, 3.63) is 12.4 Å². The maximum atomic E-state index is 10.5. The summed E-state index contributed by atoms with van der Waals surface area (Å²) < 4.78 is 2.19. The van der Waals surface area contributed by atoms with Gasteiger partial charge in [0.15, 0.2) is 5.16 Å². The first-order chi connectivity index (χ1) is 6.77. The highest BCUT2D eigenvalue weighted by Crippen LogP contribution is 2.37. The number of rotatable bonds is 5. The monoisotopic (exact) mass is 211 g/mol. The second kappa shape index (κ2) is 4.04. The topological polar surface area (TPSA) is 60.9 Å². The highest BCUT2D eigenvalue weighted by atomic mass is 32.2. The van der Waals surface area contributed by atoms with Gasteiger partial charge in [-0.1, -0.05) is 11.8 Å². The number of primary amides is 1. The average molecular weight is 211 g/mol. The van der Waals surface area contributed by atoms with Gasteiger partial charge in [-0.15, -0.1) is 0 Å². The smallest absolute Gasteiger partial charge is 0.218 e. The van der Waals surface area contributed by atoms with Gasteiger partial charge in [-0.2, -0.15) is 0 Å². The Morgan fingerprint density at radius 2 is 2.50 bits per heavy atom. The summed E-state index contributed by atoms with van der Waals surface area (Å²) in [5.41, 5.74) is 5.06. The number of amides is 1. The van der Waals surface area contributed by atoms with E-state index in [9.17, 15) is 4.79 Å². The molecule has 0 bridgehead atoms. The van der Waals surface area contributed by atoms with Crippen LogP contribution in [0.5, 0.6) is 0 Å². The molecule has 5 heteroatoms. The second-order valence-corrected chi connectivity index (χ2v) is 4.48. The fourth-order valence-electron chi connectivity index (χ4n) is 1.28. The average Bonchev–Trinajstić information content (AvgIpc) is 2.87. The summed E-state index contributed by atoms with van der Waals surface area (Å²) in [6, 6.07) is 0.647. The van der Waals surface area contributed by atoms with Crippen molar-refractivity contribution in [2.24, 2.45) is 5.73 Å². The number of hydrogen-bond acceptors (Lipinski definition) is 3. The summed E-state index contributed by atoms with van der Waals surface area (Å²) in [6.45, 7) is 0. The molecule has 1 fully saturated rings. The van der Waals surface area contributed by atoms with Crippen LogP contribution < -0.4 is 5.73 Å². The molecule has 0 atom stereocenters. The molecule has 76 valence electrons. The molecule has 1 amide bonds. The van der Waals surface area contributed by atoms with Crippen LogP contribution in [0, 0.1) is 0 Å². The van der Waals surface area contributed by atoms with Gasteiger partial charge in [0, 0.05) is 30.6 Å². The Bertz CT molecular complexity index is 333. The Morgan fingerprint density at radius 3 is 3.14 bits per heavy atom. The van der Waals surface area contributed by atoms with E-state index in [0.29, 0.717) is 12.5 Å². The van der Waals surface area contributed by atoms with Crippen molar-refractivity contribution >= 4 is 17.7 Å². The summed E-state index contributed by atoms with van der Waals surface area (Å²) in [4.78, 5) is 14.8. The van der Waals surface area contributed by atoms with E-state index in [4.69, 9.17) is 5.73 Å². The van der Waals surface area contributed by atoms with E-state index in [-0.39, 0.29) is 5.91 Å². The van der Waals surface area contributed by atoms with Gasteiger partial charge in [-0.3, -0.25) is 4.79 Å². The Balaban J connectivity index is 1.88. The molecule has 2 rings (SSSR count). The second-order valence-electron chi connectivity index (χ2n) is 3.41. The first-order valence-electron chi connectivity index (χ1n) is 4.71. The minimum atomic E-state index is -0.248. The van der Waals surface area contributed by atoms with Crippen molar-refractivity contribution in [1.82, 2.24) is 9.55 Å². The molecular weight excluding hydrogens is 198 g/mol. The van der Waals surface area contributed by atoms with Crippen LogP contribution in [0.25, 0.3) is 0 Å². The molecule has 0 aliphatic heterocycles. The van der Waals surface area contributed by atoms with Gasteiger partial charge >= 0.3 is 0 Å². The fraction of sp³-hybridized carbons (Fsp3) is 0.556. The van der Waals surface area contributed by atoms with Crippen molar-refractivity contribution < 1.29 is 4.79 Å². The Kier molecular flexibility index (Phi) is 2.77. The van der Waals surface area contributed by atoms with Crippen LogP contribution in [0.3, 0.4) is 0 Å². The van der Waals surface area contributed by atoms with Crippen molar-refractivity contribution in [2.75, 3.05) is 5.75 Å². The van der Waals surface area contributed by atoms with Crippen LogP contribution in [0.2, 0.25) is 0 Å². The predicted octanol–water partition coefficient (Wildman–Crippen LogP) is 1.19. The summed E-state index contributed by atoms with van der Waals surface area (Å²) in [6.07, 6.45) is 6.73. The lowest BCUT2D eigenvalue weighted by Gasteiger charge is -2.03. The van der Waals surface area contributed by atoms with E-state index in [2.05, 4.69) is 9.55 Å². The van der Waals surface area contributed by atoms with E-state index >= 15 is 0 Å². The van der Waals surface area contributed by atoms with Gasteiger partial charge in [0.2, 0.25) is 5.91 Å². The normalized spacial score (nSPS) is 15.7. The van der Waals surface area contributed by atoms with E-state index in [1.165, 1.54) is 12.8 Å². The number of aromatic nitrogens is 2. The van der Waals surface area contributed by atoms with Crippen molar-refractivity contribution in [3.8, 4) is 0 Å². The highest BCUT2D eigenvalue weighted by Gasteiger charge is 2.25. The van der Waals surface area contributed by atoms with Gasteiger partial charge in [-0.25, -0.2) is 4.98 Å². The molecule has 4 nitrogen and oxygen atoms in total. The van der Waals surface area contributed by atoms with E-state index in [1.54, 1.807) is 11.8 Å². The summed E-state index contributed by atoms with van der Waals surface area (Å²) in [5, 5.41) is 1.01. The fourth-order valence-corrected chi connectivity index (χ4v) is 2.26. The third-order valence-electron chi connectivity index (χ3n) is 2.15. The van der Waals surface area contributed by atoms with Gasteiger partial charge in [0.05, 0.1) is 0 Å². The molecule has 1 aliphatic rings. The van der Waals surface area contributed by atoms with Gasteiger partial charge in [-0.05, 0) is 12.8 Å². The number of hydrogen-bond donors (Lipinski definition) is 1. The molecule has 14 heavy (non-hydrogen) atoms. The van der Waals surface area contributed by atoms with Gasteiger partial charge in [0.1, 0.15) is 0 Å². The lowest BCUT2D eigenvalue weighted by molar-refractivity contribution is -0.117. The third kappa shape index (κ3) is 2.29. The first-order valence-corrected chi connectivity index (χ1v) is 5.70. The molecule has 0 aromatic carbocycles. The summed E-state index contributed by atoms with van der Waals surface area (Å²) in [5.74, 6) is 0.473.